The third-order valence-electron chi connectivity index (χ3n) is 17.2. The van der Waals surface area contributed by atoms with E-state index in [4.69, 9.17) is 14.2 Å². The van der Waals surface area contributed by atoms with Crippen LogP contribution in [0.1, 0.15) is 111 Å². The van der Waals surface area contributed by atoms with Crippen LogP contribution >= 0.6 is 0 Å². The van der Waals surface area contributed by atoms with Crippen LogP contribution in [0.25, 0.3) is 0 Å². The second-order valence-corrected chi connectivity index (χ2v) is 18.6. The van der Waals surface area contributed by atoms with Crippen molar-refractivity contribution in [3.8, 4) is 0 Å². The molecule has 13 unspecified atom stereocenters. The molecule has 13 atom stereocenters. The first-order valence-electron chi connectivity index (χ1n) is 19.7. The molecule has 10 aliphatic rings. The number of carbonyl (C=O) groups excluding carboxylic acids is 4. The Hall–Kier alpha value is -1.92. The van der Waals surface area contributed by atoms with Crippen molar-refractivity contribution >= 4 is 23.9 Å². The molecule has 258 valence electrons. The highest BCUT2D eigenvalue weighted by molar-refractivity contribution is 5.96. The van der Waals surface area contributed by atoms with Crippen molar-refractivity contribution in [1.82, 2.24) is 0 Å². The summed E-state index contributed by atoms with van der Waals surface area (Å²) in [6, 6.07) is 0. The summed E-state index contributed by atoms with van der Waals surface area (Å²) in [6.07, 6.45) is 14.4. The second kappa shape index (κ2) is 10.8. The van der Waals surface area contributed by atoms with Crippen molar-refractivity contribution < 1.29 is 33.4 Å². The number of rotatable bonds is 9. The zero-order valence-electron chi connectivity index (χ0n) is 29.0. The van der Waals surface area contributed by atoms with Gasteiger partial charge < -0.3 is 14.2 Å². The van der Waals surface area contributed by atoms with Gasteiger partial charge in [0.05, 0.1) is 30.3 Å². The number of hydrogen-bond acceptors (Lipinski definition) is 7. The molecule has 0 aromatic heterocycles. The van der Waals surface area contributed by atoms with E-state index in [1.165, 1.54) is 38.5 Å². The highest BCUT2D eigenvalue weighted by Gasteiger charge is 2.66. The van der Waals surface area contributed by atoms with Crippen molar-refractivity contribution in [2.24, 2.45) is 100 Å². The van der Waals surface area contributed by atoms with Crippen LogP contribution in [0.15, 0.2) is 0 Å². The SMILES string of the molecule is CCC(CC)(OC(=O)C(CC1C(C)C2CC1C1COC(=O)C21)C1C2CCC(C2)C1C1C(=O)OC(=O)C1C)C12CC3CC(CC(C3)C1)C2. The molecule has 7 nitrogen and oxygen atoms in total. The van der Waals surface area contributed by atoms with Gasteiger partial charge in [-0.2, -0.15) is 0 Å². The number of carbonyl (C=O) groups is 4. The Bertz CT molecular complexity index is 1310. The highest BCUT2D eigenvalue weighted by Crippen LogP contribution is 2.68. The molecule has 0 radical (unpaired) electrons. The van der Waals surface area contributed by atoms with Gasteiger partial charge in [0, 0.05) is 11.3 Å². The van der Waals surface area contributed by atoms with Gasteiger partial charge in [-0.25, -0.2) is 0 Å². The maximum absolute atomic E-state index is 15.3. The molecule has 10 rings (SSSR count). The lowest BCUT2D eigenvalue weighted by atomic mass is 9.44. The molecule has 10 fully saturated rings. The minimum Gasteiger partial charge on any atom is -0.465 e. The molecule has 2 aliphatic heterocycles. The molecular weight excluding hydrogens is 592 g/mol. The van der Waals surface area contributed by atoms with Crippen molar-refractivity contribution in [3.63, 3.8) is 0 Å². The third-order valence-corrected chi connectivity index (χ3v) is 17.2. The van der Waals surface area contributed by atoms with Gasteiger partial charge in [-0.1, -0.05) is 27.7 Å². The van der Waals surface area contributed by atoms with Crippen molar-refractivity contribution in [1.29, 1.82) is 0 Å². The molecule has 7 heteroatoms. The molecule has 2 saturated heterocycles. The van der Waals surface area contributed by atoms with E-state index in [9.17, 15) is 14.4 Å². The quantitative estimate of drug-likeness (QED) is 0.151. The van der Waals surface area contributed by atoms with Gasteiger partial charge >= 0.3 is 23.9 Å². The fourth-order valence-electron chi connectivity index (χ4n) is 15.7. The number of ether oxygens (including phenoxy) is 3. The molecule has 8 aliphatic carbocycles. The van der Waals surface area contributed by atoms with Crippen molar-refractivity contribution in [2.45, 2.75) is 117 Å². The Morgan fingerprint density at radius 2 is 1.49 bits per heavy atom. The molecule has 0 N–H and O–H groups in total. The summed E-state index contributed by atoms with van der Waals surface area (Å²) in [5, 5.41) is 0. The van der Waals surface area contributed by atoms with Gasteiger partial charge in [-0.3, -0.25) is 19.2 Å². The van der Waals surface area contributed by atoms with E-state index in [1.54, 1.807) is 0 Å². The lowest BCUT2D eigenvalue weighted by Crippen LogP contribution is -2.60. The van der Waals surface area contributed by atoms with Crippen LogP contribution in [0, 0.1) is 100 Å². The van der Waals surface area contributed by atoms with E-state index in [0.29, 0.717) is 42.1 Å². The minimum absolute atomic E-state index is 0.0124. The first-order valence-corrected chi connectivity index (χ1v) is 19.7. The summed E-state index contributed by atoms with van der Waals surface area (Å²) < 4.78 is 18.1. The predicted molar refractivity (Wildman–Crippen MR) is 172 cm³/mol. The van der Waals surface area contributed by atoms with Crippen LogP contribution in [0.2, 0.25) is 0 Å². The van der Waals surface area contributed by atoms with E-state index < -0.39 is 23.4 Å². The summed E-state index contributed by atoms with van der Waals surface area (Å²) >= 11 is 0. The Balaban J connectivity index is 1.07. The molecule has 0 aromatic carbocycles. The zero-order chi connectivity index (χ0) is 32.6. The van der Waals surface area contributed by atoms with Gasteiger partial charge in [0.1, 0.15) is 5.60 Å². The average Bonchev–Trinajstić information content (AvgIpc) is 3.88. The first kappa shape index (κ1) is 31.1. The first-order chi connectivity index (χ1) is 22.6. The van der Waals surface area contributed by atoms with Crippen LogP contribution < -0.4 is 0 Å². The summed E-state index contributed by atoms with van der Waals surface area (Å²) in [4.78, 5) is 54.1. The third kappa shape index (κ3) is 4.28. The standard InChI is InChI=1S/C40H56O7/c1-5-40(6-2,39-15-21-9-22(16-39)11-23(10-21)17-39)47-36(42)29(13-26-19(3)27-14-28(26)30-18-45-37(43)34(27)30)32-24-7-8-25(12-24)33(32)31-20(4)35(41)46-38(31)44/h19-34H,5-18H2,1-4H3. The van der Waals surface area contributed by atoms with Crippen LogP contribution in [0.4, 0.5) is 0 Å². The molecule has 0 aromatic rings. The Morgan fingerprint density at radius 3 is 2.11 bits per heavy atom. The number of esters is 4. The van der Waals surface area contributed by atoms with E-state index >= 15 is 4.79 Å². The van der Waals surface area contributed by atoms with Crippen molar-refractivity contribution in [3.05, 3.63) is 0 Å². The highest BCUT2D eigenvalue weighted by atomic mass is 16.6. The Labute approximate surface area is 280 Å². The molecule has 8 bridgehead atoms. The van der Waals surface area contributed by atoms with Gasteiger partial charge in [0.2, 0.25) is 0 Å². The van der Waals surface area contributed by atoms with Gasteiger partial charge in [0.15, 0.2) is 0 Å². The molecule has 47 heavy (non-hydrogen) atoms. The van der Waals surface area contributed by atoms with E-state index in [0.717, 1.165) is 62.7 Å². The van der Waals surface area contributed by atoms with E-state index in [-0.39, 0.29) is 52.9 Å². The van der Waals surface area contributed by atoms with Gasteiger partial charge in [-0.15, -0.1) is 0 Å². The van der Waals surface area contributed by atoms with Crippen molar-refractivity contribution in [2.75, 3.05) is 6.61 Å². The number of fused-ring (bicyclic) bond motifs is 7. The van der Waals surface area contributed by atoms with Gasteiger partial charge in [-0.05, 0) is 149 Å². The fraction of sp³-hybridized carbons (Fsp3) is 0.900. The fourth-order valence-corrected chi connectivity index (χ4v) is 15.7. The maximum atomic E-state index is 15.3. The predicted octanol–water partition coefficient (Wildman–Crippen LogP) is 7.00. The van der Waals surface area contributed by atoms with Crippen LogP contribution in [0.5, 0.6) is 0 Å². The van der Waals surface area contributed by atoms with Crippen LogP contribution in [-0.2, 0) is 33.4 Å². The van der Waals surface area contributed by atoms with Crippen LogP contribution in [0.3, 0.4) is 0 Å². The molecule has 8 saturated carbocycles. The smallest absolute Gasteiger partial charge is 0.317 e. The van der Waals surface area contributed by atoms with Gasteiger partial charge in [0.25, 0.3) is 0 Å². The molecule has 0 amide bonds. The molecule has 0 spiro atoms. The lowest BCUT2D eigenvalue weighted by Gasteiger charge is -2.63. The topological polar surface area (TPSA) is 96.0 Å². The summed E-state index contributed by atoms with van der Waals surface area (Å²) in [5.74, 6) is 2.68. The summed E-state index contributed by atoms with van der Waals surface area (Å²) in [6.45, 7) is 9.19. The Morgan fingerprint density at radius 1 is 0.830 bits per heavy atom. The summed E-state index contributed by atoms with van der Waals surface area (Å²) in [5.41, 5.74) is -0.387. The lowest BCUT2D eigenvalue weighted by molar-refractivity contribution is -0.218. The number of cyclic esters (lactones) is 3. The monoisotopic (exact) mass is 648 g/mol. The van der Waals surface area contributed by atoms with E-state index in [2.05, 4.69) is 20.8 Å². The molecule has 2 heterocycles. The van der Waals surface area contributed by atoms with Crippen LogP contribution in [-0.4, -0.2) is 36.1 Å². The zero-order valence-corrected chi connectivity index (χ0v) is 29.0. The largest absolute Gasteiger partial charge is 0.465 e. The Kier molecular flexibility index (Phi) is 7.14. The maximum Gasteiger partial charge on any atom is 0.317 e. The minimum atomic E-state index is -0.467. The molecular formula is C40H56O7. The van der Waals surface area contributed by atoms with E-state index in [1.807, 2.05) is 6.92 Å². The number of hydrogen-bond donors (Lipinski definition) is 0. The second-order valence-electron chi connectivity index (χ2n) is 18.6. The summed E-state index contributed by atoms with van der Waals surface area (Å²) in [7, 11) is 0. The normalized spacial score (nSPS) is 51.1. The average molecular weight is 649 g/mol.